The summed E-state index contributed by atoms with van der Waals surface area (Å²) in [7, 11) is 1.39. The van der Waals surface area contributed by atoms with Crippen LogP contribution in [-0.4, -0.2) is 33.8 Å². The molecule has 0 spiro atoms. The minimum Gasteiger partial charge on any atom is -0.465 e. The van der Waals surface area contributed by atoms with E-state index in [0.717, 1.165) is 47.5 Å². The van der Waals surface area contributed by atoms with Crippen molar-refractivity contribution in [2.75, 3.05) is 7.11 Å². The second-order valence-electron chi connectivity index (χ2n) is 7.73. The molecule has 1 aromatic heterocycles. The van der Waals surface area contributed by atoms with Crippen molar-refractivity contribution >= 4 is 23.6 Å². The van der Waals surface area contributed by atoms with Crippen LogP contribution in [0.2, 0.25) is 5.15 Å². The molecule has 0 saturated carbocycles. The molecule has 3 aromatic rings. The Morgan fingerprint density at radius 1 is 1.22 bits per heavy atom. The van der Waals surface area contributed by atoms with Gasteiger partial charge >= 0.3 is 5.97 Å². The lowest BCUT2D eigenvalue weighted by Gasteiger charge is -2.12. The van der Waals surface area contributed by atoms with Crippen LogP contribution in [0.3, 0.4) is 0 Å². The molecule has 2 aromatic carbocycles. The van der Waals surface area contributed by atoms with Gasteiger partial charge in [-0.3, -0.25) is 0 Å². The molecule has 5 nitrogen and oxygen atoms in total. The number of hydrogen-bond acceptors (Lipinski definition) is 4. The highest BCUT2D eigenvalue weighted by Gasteiger charge is 2.15. The molecule has 0 saturated heterocycles. The average Bonchev–Trinajstić information content (AvgIpc) is 3.10. The number of methoxy groups -OCH3 is 1. The molecule has 0 aliphatic rings. The van der Waals surface area contributed by atoms with E-state index >= 15 is 0 Å². The Morgan fingerprint density at radius 3 is 2.59 bits per heavy atom. The Bertz CT molecular complexity index is 1080. The van der Waals surface area contributed by atoms with Gasteiger partial charge < -0.3 is 14.4 Å². The topological polar surface area (TPSA) is 64.4 Å². The number of unbranched alkanes of at least 4 members (excludes halogenated alkanes) is 1. The number of imidazole rings is 1. The fraction of sp³-hybridized carbons (Fsp3) is 0.308. The molecular weight excluding hydrogens is 424 g/mol. The Hall–Kier alpha value is -2.89. The van der Waals surface area contributed by atoms with E-state index in [9.17, 15) is 9.90 Å². The largest absolute Gasteiger partial charge is 0.465 e. The average molecular weight is 453 g/mol. The van der Waals surface area contributed by atoms with E-state index in [2.05, 4.69) is 16.5 Å². The van der Waals surface area contributed by atoms with Gasteiger partial charge in [-0.1, -0.05) is 73.5 Å². The van der Waals surface area contributed by atoms with Crippen molar-refractivity contribution in [3.8, 4) is 11.1 Å². The summed E-state index contributed by atoms with van der Waals surface area (Å²) < 4.78 is 7.02. The van der Waals surface area contributed by atoms with Crippen LogP contribution in [0.5, 0.6) is 0 Å². The van der Waals surface area contributed by atoms with Crippen LogP contribution in [-0.2, 0) is 17.7 Å². The zero-order valence-electron chi connectivity index (χ0n) is 18.7. The van der Waals surface area contributed by atoms with Crippen molar-refractivity contribution in [3.05, 3.63) is 82.4 Å². The van der Waals surface area contributed by atoms with Crippen molar-refractivity contribution < 1.29 is 14.6 Å². The number of benzene rings is 2. The van der Waals surface area contributed by atoms with E-state index in [1.54, 1.807) is 19.1 Å². The molecule has 1 atom stereocenters. The molecule has 1 heterocycles. The molecule has 0 amide bonds. The van der Waals surface area contributed by atoms with E-state index in [4.69, 9.17) is 16.3 Å². The van der Waals surface area contributed by atoms with E-state index in [0.29, 0.717) is 17.3 Å². The molecular formula is C26H29ClN2O3. The van der Waals surface area contributed by atoms with Crippen LogP contribution in [0.4, 0.5) is 0 Å². The highest BCUT2D eigenvalue weighted by atomic mass is 35.5. The second-order valence-corrected chi connectivity index (χ2v) is 8.09. The highest BCUT2D eigenvalue weighted by Crippen LogP contribution is 2.26. The summed E-state index contributed by atoms with van der Waals surface area (Å²) in [6, 6.07) is 15.5. The van der Waals surface area contributed by atoms with Gasteiger partial charge in [-0.15, -0.1) is 0 Å². The number of ether oxygens (including phenoxy) is 1. The molecule has 0 radical (unpaired) electrons. The zero-order chi connectivity index (χ0) is 23.1. The molecule has 1 N–H and O–H groups in total. The molecule has 0 aliphatic heterocycles. The summed E-state index contributed by atoms with van der Waals surface area (Å²) >= 11 is 6.44. The van der Waals surface area contributed by atoms with Crippen molar-refractivity contribution in [1.29, 1.82) is 0 Å². The first-order valence-electron chi connectivity index (χ1n) is 10.8. The number of carbonyl (C=O) groups excluding carboxylic acids is 1. The van der Waals surface area contributed by atoms with Crippen LogP contribution in [0, 0.1) is 0 Å². The van der Waals surface area contributed by atoms with Gasteiger partial charge in [0.1, 0.15) is 5.82 Å². The lowest BCUT2D eigenvalue weighted by atomic mass is 9.98. The number of carbonyl (C=O) groups is 1. The SMILES string of the molecule is CCCCc1nc(Cl)c(C=CC(C)O)n1Cc1ccc(-c2ccccc2C(=O)OC)cc1. The molecule has 0 fully saturated rings. The molecule has 0 aliphatic carbocycles. The van der Waals surface area contributed by atoms with E-state index < -0.39 is 6.10 Å². The summed E-state index contributed by atoms with van der Waals surface area (Å²) in [4.78, 5) is 16.7. The Balaban J connectivity index is 1.92. The number of aliphatic hydroxyl groups is 1. The minimum absolute atomic E-state index is 0.354. The maximum atomic E-state index is 12.1. The smallest absolute Gasteiger partial charge is 0.338 e. The summed E-state index contributed by atoms with van der Waals surface area (Å²) in [6.07, 6.45) is 5.89. The van der Waals surface area contributed by atoms with Crippen molar-refractivity contribution in [3.63, 3.8) is 0 Å². The third-order valence-electron chi connectivity index (χ3n) is 5.27. The number of hydrogen-bond donors (Lipinski definition) is 1. The van der Waals surface area contributed by atoms with Gasteiger partial charge in [-0.25, -0.2) is 9.78 Å². The van der Waals surface area contributed by atoms with Gasteiger partial charge in [0.25, 0.3) is 0 Å². The quantitative estimate of drug-likeness (QED) is 0.418. The lowest BCUT2D eigenvalue weighted by molar-refractivity contribution is 0.0601. The first-order valence-corrected chi connectivity index (χ1v) is 11.2. The van der Waals surface area contributed by atoms with Crippen LogP contribution in [0.25, 0.3) is 17.2 Å². The predicted molar refractivity (Wildman–Crippen MR) is 129 cm³/mol. The molecule has 168 valence electrons. The van der Waals surface area contributed by atoms with Crippen molar-refractivity contribution in [2.45, 2.75) is 45.8 Å². The minimum atomic E-state index is -0.567. The summed E-state index contributed by atoms with van der Waals surface area (Å²) in [5, 5.41) is 10.1. The van der Waals surface area contributed by atoms with Crippen LogP contribution in [0.1, 0.15) is 54.1 Å². The van der Waals surface area contributed by atoms with Gasteiger partial charge in [0.05, 0.1) is 24.5 Å². The van der Waals surface area contributed by atoms with Gasteiger partial charge in [0.15, 0.2) is 5.15 Å². The predicted octanol–water partition coefficient (Wildman–Crippen LogP) is 5.78. The van der Waals surface area contributed by atoms with Crippen LogP contribution < -0.4 is 0 Å². The molecule has 1 unspecified atom stereocenters. The number of nitrogens with zero attached hydrogens (tertiary/aromatic N) is 2. The molecule has 3 rings (SSSR count). The Labute approximate surface area is 194 Å². The second kappa shape index (κ2) is 11.1. The normalized spacial score (nSPS) is 12.3. The van der Waals surface area contributed by atoms with Gasteiger partial charge in [0, 0.05) is 13.0 Å². The van der Waals surface area contributed by atoms with E-state index in [1.807, 2.05) is 48.5 Å². The number of halogens is 1. The van der Waals surface area contributed by atoms with Crippen molar-refractivity contribution in [1.82, 2.24) is 9.55 Å². The summed E-state index contributed by atoms with van der Waals surface area (Å²) in [5.41, 5.74) is 4.19. The molecule has 0 bridgehead atoms. The van der Waals surface area contributed by atoms with Crippen molar-refractivity contribution in [2.24, 2.45) is 0 Å². The monoisotopic (exact) mass is 452 g/mol. The highest BCUT2D eigenvalue weighted by molar-refractivity contribution is 6.30. The maximum Gasteiger partial charge on any atom is 0.338 e. The molecule has 6 heteroatoms. The van der Waals surface area contributed by atoms with E-state index in [-0.39, 0.29) is 5.97 Å². The first kappa shape index (κ1) is 23.8. The van der Waals surface area contributed by atoms with Gasteiger partial charge in [-0.2, -0.15) is 0 Å². The first-order chi connectivity index (χ1) is 15.4. The lowest BCUT2D eigenvalue weighted by Crippen LogP contribution is -2.08. The van der Waals surface area contributed by atoms with Crippen LogP contribution in [0.15, 0.2) is 54.6 Å². The standard InChI is InChI=1S/C26H29ClN2O3/c1-4-5-10-24-28-25(27)23(16-11-18(2)30)29(24)17-19-12-14-20(15-13-19)21-8-6-7-9-22(21)26(31)32-3/h6-9,11-16,18,30H,4-5,10,17H2,1-3H3. The van der Waals surface area contributed by atoms with E-state index in [1.165, 1.54) is 7.11 Å². The number of aliphatic hydroxyl groups excluding tert-OH is 1. The summed E-state index contributed by atoms with van der Waals surface area (Å²) in [5.74, 6) is 0.579. The number of esters is 1. The van der Waals surface area contributed by atoms with Gasteiger partial charge in [-0.05, 0) is 42.2 Å². The third kappa shape index (κ3) is 5.67. The van der Waals surface area contributed by atoms with Gasteiger partial charge in [0.2, 0.25) is 0 Å². The number of aromatic nitrogens is 2. The number of aryl methyl sites for hydroxylation is 1. The maximum absolute atomic E-state index is 12.1. The Morgan fingerprint density at radius 2 is 1.94 bits per heavy atom. The summed E-state index contributed by atoms with van der Waals surface area (Å²) in [6.45, 7) is 4.46. The fourth-order valence-electron chi connectivity index (χ4n) is 3.57. The number of rotatable bonds is 9. The van der Waals surface area contributed by atoms with Crippen LogP contribution >= 0.6 is 11.6 Å². The molecule has 32 heavy (non-hydrogen) atoms. The third-order valence-corrected chi connectivity index (χ3v) is 5.54. The Kier molecular flexibility index (Phi) is 8.26. The fourth-order valence-corrected chi connectivity index (χ4v) is 3.83. The zero-order valence-corrected chi connectivity index (χ0v) is 19.5.